The summed E-state index contributed by atoms with van der Waals surface area (Å²) < 4.78 is 25.4. The van der Waals surface area contributed by atoms with Crippen LogP contribution >= 0.6 is 0 Å². The van der Waals surface area contributed by atoms with Gasteiger partial charge in [0.1, 0.15) is 5.82 Å². The molecule has 1 aromatic heterocycles. The third-order valence-electron chi connectivity index (χ3n) is 7.46. The number of sulfonamides is 1. The van der Waals surface area contributed by atoms with Gasteiger partial charge in [0.05, 0.1) is 21.5 Å². The van der Waals surface area contributed by atoms with Crippen LogP contribution in [0.25, 0.3) is 22.4 Å². The van der Waals surface area contributed by atoms with Crippen molar-refractivity contribution in [2.45, 2.75) is 51.0 Å². The van der Waals surface area contributed by atoms with Crippen molar-refractivity contribution in [3.63, 3.8) is 0 Å². The standard InChI is InChI=1S/C30H32N4O5S/c31-40(38,39)25-11-4-6-20(12-14-25)16-17-32-29(35)22-8-5-7-21(18-22)28-33-26-19-23(30(36)37)13-15-27(26)34(28)24-9-2-1-3-10-24/h4-8,12-15,18-19,24H,1-3,9-11,16-17H2,(H,32,35)(H,36,37)(H2,31,38,39). The first-order valence-electron chi connectivity index (χ1n) is 13.4. The van der Waals surface area contributed by atoms with Gasteiger partial charge >= 0.3 is 5.97 Å². The number of carbonyl (C=O) groups excluding carboxylic acids is 1. The van der Waals surface area contributed by atoms with E-state index in [1.165, 1.54) is 12.5 Å². The number of carbonyl (C=O) groups is 2. The second-order valence-electron chi connectivity index (χ2n) is 10.2. The first-order valence-corrected chi connectivity index (χ1v) is 15.0. The molecule has 2 aliphatic rings. The summed E-state index contributed by atoms with van der Waals surface area (Å²) in [6.07, 6.45) is 13.1. The summed E-state index contributed by atoms with van der Waals surface area (Å²) in [5.41, 5.74) is 3.88. The van der Waals surface area contributed by atoms with Gasteiger partial charge in [0, 0.05) is 30.1 Å². The highest BCUT2D eigenvalue weighted by atomic mass is 32.2. The Labute approximate surface area is 233 Å². The smallest absolute Gasteiger partial charge is 0.335 e. The molecule has 3 aromatic rings. The molecule has 0 saturated heterocycles. The maximum Gasteiger partial charge on any atom is 0.335 e. The quantitative estimate of drug-likeness (QED) is 0.350. The van der Waals surface area contributed by atoms with Crippen molar-refractivity contribution in [1.82, 2.24) is 14.9 Å². The van der Waals surface area contributed by atoms with Crippen LogP contribution in [0.4, 0.5) is 0 Å². The Bertz CT molecular complexity index is 1660. The monoisotopic (exact) mass is 560 g/mol. The zero-order valence-electron chi connectivity index (χ0n) is 22.0. The molecular weight excluding hydrogens is 528 g/mol. The van der Waals surface area contributed by atoms with Crippen molar-refractivity contribution >= 4 is 32.9 Å². The molecular formula is C30H32N4O5S. The highest BCUT2D eigenvalue weighted by molar-refractivity contribution is 7.93. The van der Waals surface area contributed by atoms with Crippen LogP contribution in [0.5, 0.6) is 0 Å². The number of allylic oxidation sites excluding steroid dienone is 5. The van der Waals surface area contributed by atoms with Crippen LogP contribution < -0.4 is 10.5 Å². The van der Waals surface area contributed by atoms with E-state index in [9.17, 15) is 23.1 Å². The highest BCUT2D eigenvalue weighted by Gasteiger charge is 2.23. The zero-order chi connectivity index (χ0) is 28.3. The van der Waals surface area contributed by atoms with Crippen molar-refractivity contribution in [3.05, 3.63) is 88.4 Å². The van der Waals surface area contributed by atoms with Gasteiger partial charge in [0.15, 0.2) is 0 Å². The molecule has 5 rings (SSSR count). The predicted octanol–water partition coefficient (Wildman–Crippen LogP) is 5.09. The molecule has 1 heterocycles. The number of primary sulfonamides is 1. The molecule has 1 saturated carbocycles. The molecule has 2 aromatic carbocycles. The Hall–Kier alpha value is -4.02. The van der Waals surface area contributed by atoms with E-state index in [-0.39, 0.29) is 28.8 Å². The second kappa shape index (κ2) is 11.6. The number of rotatable bonds is 8. The Morgan fingerprint density at radius 3 is 2.60 bits per heavy atom. The van der Waals surface area contributed by atoms with Crippen molar-refractivity contribution in [3.8, 4) is 11.4 Å². The number of nitrogens with one attached hydrogen (secondary N) is 1. The van der Waals surface area contributed by atoms with Crippen LogP contribution in [0.15, 0.2) is 77.2 Å². The third-order valence-corrected chi connectivity index (χ3v) is 8.49. The Morgan fingerprint density at radius 1 is 1.05 bits per heavy atom. The van der Waals surface area contributed by atoms with Gasteiger partial charge in [0.25, 0.3) is 5.91 Å². The summed E-state index contributed by atoms with van der Waals surface area (Å²) in [5.74, 6) is -0.495. The van der Waals surface area contributed by atoms with E-state index in [0.717, 1.165) is 48.2 Å². The zero-order valence-corrected chi connectivity index (χ0v) is 22.9. The van der Waals surface area contributed by atoms with Crippen LogP contribution in [0.1, 0.15) is 71.7 Å². The first-order chi connectivity index (χ1) is 19.2. The molecule has 9 nitrogen and oxygen atoms in total. The lowest BCUT2D eigenvalue weighted by Crippen LogP contribution is -2.24. The number of benzene rings is 2. The Morgan fingerprint density at radius 2 is 1.85 bits per heavy atom. The third kappa shape index (κ3) is 6.08. The van der Waals surface area contributed by atoms with Crippen molar-refractivity contribution in [2.75, 3.05) is 6.54 Å². The number of nitrogens with two attached hydrogens (primary N) is 1. The largest absolute Gasteiger partial charge is 0.478 e. The molecule has 0 bridgehead atoms. The molecule has 2 aliphatic carbocycles. The lowest BCUT2D eigenvalue weighted by atomic mass is 9.94. The number of fused-ring (bicyclic) bond motifs is 1. The molecule has 208 valence electrons. The summed E-state index contributed by atoms with van der Waals surface area (Å²) in [6.45, 7) is 0.371. The molecule has 0 radical (unpaired) electrons. The maximum atomic E-state index is 13.1. The van der Waals surface area contributed by atoms with E-state index >= 15 is 0 Å². The number of hydrogen-bond donors (Lipinski definition) is 3. The number of aromatic nitrogens is 2. The van der Waals surface area contributed by atoms with Gasteiger partial charge in [-0.25, -0.2) is 23.3 Å². The molecule has 1 amide bonds. The molecule has 1 fully saturated rings. The van der Waals surface area contributed by atoms with Crippen molar-refractivity contribution in [1.29, 1.82) is 0 Å². The summed E-state index contributed by atoms with van der Waals surface area (Å²) in [6, 6.07) is 12.6. The number of amides is 1. The van der Waals surface area contributed by atoms with Crippen LogP contribution in [-0.4, -0.2) is 41.5 Å². The molecule has 40 heavy (non-hydrogen) atoms. The second-order valence-corrected chi connectivity index (χ2v) is 11.8. The van der Waals surface area contributed by atoms with E-state index in [2.05, 4.69) is 9.88 Å². The van der Waals surface area contributed by atoms with E-state index in [1.807, 2.05) is 30.3 Å². The number of aromatic carboxylic acids is 1. The summed E-state index contributed by atoms with van der Waals surface area (Å²) >= 11 is 0. The SMILES string of the molecule is NS(=O)(=O)C1=CC=C(CCNC(=O)c2cccc(-c3nc4cc(C(=O)O)ccc4n3C3CCCCC3)c2)C=CC1. The number of nitrogens with zero attached hydrogens (tertiary/aromatic N) is 2. The fraction of sp³-hybridized carbons (Fsp3) is 0.300. The molecule has 0 atom stereocenters. The van der Waals surface area contributed by atoms with Gasteiger partial charge in [-0.3, -0.25) is 4.79 Å². The fourth-order valence-electron chi connectivity index (χ4n) is 5.39. The van der Waals surface area contributed by atoms with E-state index in [4.69, 9.17) is 10.1 Å². The predicted molar refractivity (Wildman–Crippen MR) is 154 cm³/mol. The van der Waals surface area contributed by atoms with E-state index in [0.29, 0.717) is 24.0 Å². The minimum absolute atomic E-state index is 0.151. The van der Waals surface area contributed by atoms with Crippen LogP contribution in [0, 0.1) is 0 Å². The summed E-state index contributed by atoms with van der Waals surface area (Å²) in [7, 11) is -3.73. The molecule has 0 spiro atoms. The molecule has 0 aliphatic heterocycles. The Balaban J connectivity index is 1.37. The number of hydrogen-bond acceptors (Lipinski definition) is 5. The average Bonchev–Trinajstić information content (AvgIpc) is 3.15. The number of carboxylic acids is 1. The molecule has 4 N–H and O–H groups in total. The van der Waals surface area contributed by atoms with Crippen LogP contribution in [-0.2, 0) is 10.0 Å². The van der Waals surface area contributed by atoms with E-state index < -0.39 is 16.0 Å². The minimum Gasteiger partial charge on any atom is -0.478 e. The minimum atomic E-state index is -3.73. The van der Waals surface area contributed by atoms with Crippen LogP contribution in [0.3, 0.4) is 0 Å². The van der Waals surface area contributed by atoms with Gasteiger partial charge < -0.3 is 15.0 Å². The number of imidazole rings is 1. The van der Waals surface area contributed by atoms with Gasteiger partial charge in [0.2, 0.25) is 10.0 Å². The maximum absolute atomic E-state index is 13.1. The molecule has 10 heteroatoms. The first kappa shape index (κ1) is 27.5. The topological polar surface area (TPSA) is 144 Å². The van der Waals surface area contributed by atoms with E-state index in [1.54, 1.807) is 30.4 Å². The lowest BCUT2D eigenvalue weighted by Gasteiger charge is -2.25. The highest BCUT2D eigenvalue weighted by Crippen LogP contribution is 2.36. The normalized spacial score (nSPS) is 16.3. The molecule has 0 unspecified atom stereocenters. The van der Waals surface area contributed by atoms with Gasteiger partial charge in [-0.15, -0.1) is 0 Å². The fourth-order valence-corrected chi connectivity index (χ4v) is 5.98. The van der Waals surface area contributed by atoms with Gasteiger partial charge in [-0.2, -0.15) is 0 Å². The van der Waals surface area contributed by atoms with Crippen LogP contribution in [0.2, 0.25) is 0 Å². The van der Waals surface area contributed by atoms with Crippen molar-refractivity contribution < 1.29 is 23.1 Å². The summed E-state index contributed by atoms with van der Waals surface area (Å²) in [4.78, 5) is 29.6. The summed E-state index contributed by atoms with van der Waals surface area (Å²) in [5, 5.41) is 17.6. The average molecular weight is 561 g/mol. The lowest BCUT2D eigenvalue weighted by molar-refractivity contribution is 0.0696. The van der Waals surface area contributed by atoms with Gasteiger partial charge in [-0.1, -0.05) is 49.6 Å². The van der Waals surface area contributed by atoms with Gasteiger partial charge in [-0.05, 0) is 61.2 Å². The Kier molecular flexibility index (Phi) is 7.99. The number of carboxylic acid groups (broad SMARTS) is 1. The van der Waals surface area contributed by atoms with Crippen molar-refractivity contribution in [2.24, 2.45) is 5.14 Å².